The van der Waals surface area contributed by atoms with Crippen LogP contribution in [0.25, 0.3) is 0 Å². The van der Waals surface area contributed by atoms with Gasteiger partial charge in [0, 0.05) is 38.3 Å². The molecule has 0 aliphatic heterocycles. The highest BCUT2D eigenvalue weighted by Gasteiger charge is 2.18. The van der Waals surface area contributed by atoms with Crippen molar-refractivity contribution in [2.24, 2.45) is 0 Å². The van der Waals surface area contributed by atoms with Crippen LogP contribution in [0.1, 0.15) is 40.5 Å². The molecule has 4 heteroatoms. The fourth-order valence-electron chi connectivity index (χ4n) is 2.22. The van der Waals surface area contributed by atoms with Gasteiger partial charge in [-0.05, 0) is 26.7 Å². The van der Waals surface area contributed by atoms with Crippen LogP contribution < -0.4 is 0 Å². The highest BCUT2D eigenvalue weighted by molar-refractivity contribution is 4.73. The van der Waals surface area contributed by atoms with Crippen LogP contribution in [0, 0.1) is 0 Å². The first-order chi connectivity index (χ1) is 8.60. The van der Waals surface area contributed by atoms with E-state index in [9.17, 15) is 0 Å². The van der Waals surface area contributed by atoms with Crippen molar-refractivity contribution in [2.75, 3.05) is 39.4 Å². The van der Waals surface area contributed by atoms with Gasteiger partial charge in [0.15, 0.2) is 0 Å². The number of hydrogen-bond acceptors (Lipinski definition) is 4. The van der Waals surface area contributed by atoms with E-state index in [4.69, 9.17) is 10.2 Å². The zero-order chi connectivity index (χ0) is 14.0. The summed E-state index contributed by atoms with van der Waals surface area (Å²) in [5.74, 6) is 0. The van der Waals surface area contributed by atoms with Crippen LogP contribution in [0.2, 0.25) is 0 Å². The van der Waals surface area contributed by atoms with Crippen molar-refractivity contribution in [1.29, 1.82) is 0 Å². The molecule has 2 unspecified atom stereocenters. The molecule has 0 bridgehead atoms. The zero-order valence-corrected chi connectivity index (χ0v) is 12.6. The maximum Gasteiger partial charge on any atom is 0.0558 e. The van der Waals surface area contributed by atoms with Gasteiger partial charge in [-0.3, -0.25) is 9.80 Å². The van der Waals surface area contributed by atoms with Crippen LogP contribution in [-0.2, 0) is 0 Å². The van der Waals surface area contributed by atoms with Crippen molar-refractivity contribution in [3.63, 3.8) is 0 Å². The molecule has 0 spiro atoms. The Bertz CT molecular complexity index is 175. The lowest BCUT2D eigenvalue weighted by molar-refractivity contribution is 0.104. The van der Waals surface area contributed by atoms with Gasteiger partial charge in [-0.25, -0.2) is 0 Å². The molecule has 2 N–H and O–H groups in total. The molecule has 0 rings (SSSR count). The smallest absolute Gasteiger partial charge is 0.0558 e. The maximum atomic E-state index is 9.00. The van der Waals surface area contributed by atoms with E-state index in [1.165, 1.54) is 0 Å². The van der Waals surface area contributed by atoms with Crippen molar-refractivity contribution < 1.29 is 10.2 Å². The van der Waals surface area contributed by atoms with Crippen molar-refractivity contribution in [1.82, 2.24) is 9.80 Å². The Kier molecular flexibility index (Phi) is 10.6. The summed E-state index contributed by atoms with van der Waals surface area (Å²) >= 11 is 0. The monoisotopic (exact) mass is 260 g/mol. The average Bonchev–Trinajstić information content (AvgIpc) is 2.38. The third-order valence-electron chi connectivity index (χ3n) is 3.82. The van der Waals surface area contributed by atoms with Crippen LogP contribution in [-0.4, -0.2) is 71.5 Å². The molecule has 0 aliphatic rings. The Morgan fingerprint density at radius 3 is 1.56 bits per heavy atom. The Balaban J connectivity index is 4.29. The minimum Gasteiger partial charge on any atom is -0.395 e. The van der Waals surface area contributed by atoms with Crippen LogP contribution >= 0.6 is 0 Å². The van der Waals surface area contributed by atoms with E-state index < -0.39 is 0 Å². The summed E-state index contributed by atoms with van der Waals surface area (Å²) in [6.45, 7) is 12.5. The standard InChI is InChI=1S/C14H32N2O2/c1-5-13(3)16(14(4)6-2)8-7-15(9-11-17)10-12-18/h13-14,17-18H,5-12H2,1-4H3. The van der Waals surface area contributed by atoms with E-state index in [1.807, 2.05) is 0 Å². The third kappa shape index (κ3) is 6.69. The quantitative estimate of drug-likeness (QED) is 0.585. The van der Waals surface area contributed by atoms with Gasteiger partial charge in [0.25, 0.3) is 0 Å². The molecule has 2 atom stereocenters. The summed E-state index contributed by atoms with van der Waals surface area (Å²) in [5.41, 5.74) is 0. The molecule has 0 saturated carbocycles. The molecule has 0 aromatic rings. The SMILES string of the molecule is CCC(C)N(CCN(CCO)CCO)C(C)CC. The normalized spacial score (nSPS) is 15.3. The topological polar surface area (TPSA) is 46.9 Å². The molecule has 0 heterocycles. The van der Waals surface area contributed by atoms with Gasteiger partial charge in [0.1, 0.15) is 0 Å². The van der Waals surface area contributed by atoms with Crippen LogP contribution in [0.15, 0.2) is 0 Å². The number of rotatable bonds is 11. The maximum absolute atomic E-state index is 9.00. The lowest BCUT2D eigenvalue weighted by atomic mass is 10.1. The summed E-state index contributed by atoms with van der Waals surface area (Å²) in [6.07, 6.45) is 2.31. The minimum atomic E-state index is 0.159. The highest BCUT2D eigenvalue weighted by Crippen LogP contribution is 2.11. The molecular formula is C14H32N2O2. The molecule has 110 valence electrons. The van der Waals surface area contributed by atoms with Crippen molar-refractivity contribution in [2.45, 2.75) is 52.6 Å². The second kappa shape index (κ2) is 10.7. The first-order valence-corrected chi connectivity index (χ1v) is 7.30. The summed E-state index contributed by atoms with van der Waals surface area (Å²) in [6, 6.07) is 1.18. The average molecular weight is 260 g/mol. The molecule has 4 nitrogen and oxygen atoms in total. The molecular weight excluding hydrogens is 228 g/mol. The van der Waals surface area contributed by atoms with Gasteiger partial charge in [-0.2, -0.15) is 0 Å². The van der Waals surface area contributed by atoms with Gasteiger partial charge in [0.05, 0.1) is 13.2 Å². The molecule has 0 aliphatic carbocycles. The predicted octanol–water partition coefficient (Wildman–Crippen LogP) is 1.17. The summed E-state index contributed by atoms with van der Waals surface area (Å²) in [4.78, 5) is 4.65. The first-order valence-electron chi connectivity index (χ1n) is 7.30. The van der Waals surface area contributed by atoms with Crippen LogP contribution in [0.5, 0.6) is 0 Å². The molecule has 0 saturated heterocycles. The van der Waals surface area contributed by atoms with Gasteiger partial charge in [0.2, 0.25) is 0 Å². The van der Waals surface area contributed by atoms with Gasteiger partial charge in [-0.1, -0.05) is 13.8 Å². The second-order valence-electron chi connectivity index (χ2n) is 5.04. The molecule has 0 radical (unpaired) electrons. The molecule has 0 amide bonds. The fraction of sp³-hybridized carbons (Fsp3) is 1.00. The first kappa shape index (κ1) is 17.8. The number of hydrogen-bond donors (Lipinski definition) is 2. The summed E-state index contributed by atoms with van der Waals surface area (Å²) in [5, 5.41) is 18.0. The lowest BCUT2D eigenvalue weighted by Crippen LogP contribution is -2.45. The van der Waals surface area contributed by atoms with Crippen molar-refractivity contribution in [3.05, 3.63) is 0 Å². The summed E-state index contributed by atoms with van der Waals surface area (Å²) < 4.78 is 0. The molecule has 0 aromatic heterocycles. The highest BCUT2D eigenvalue weighted by atomic mass is 16.3. The lowest BCUT2D eigenvalue weighted by Gasteiger charge is -2.35. The number of nitrogens with zero attached hydrogens (tertiary/aromatic N) is 2. The third-order valence-corrected chi connectivity index (χ3v) is 3.82. The Hall–Kier alpha value is -0.160. The van der Waals surface area contributed by atoms with E-state index in [2.05, 4.69) is 37.5 Å². The molecule has 0 fully saturated rings. The van der Waals surface area contributed by atoms with E-state index in [0.29, 0.717) is 25.2 Å². The fourth-order valence-corrected chi connectivity index (χ4v) is 2.22. The number of aliphatic hydroxyl groups excluding tert-OH is 2. The molecule has 0 aromatic carbocycles. The largest absolute Gasteiger partial charge is 0.395 e. The van der Waals surface area contributed by atoms with E-state index in [0.717, 1.165) is 25.9 Å². The molecule has 18 heavy (non-hydrogen) atoms. The van der Waals surface area contributed by atoms with E-state index in [1.54, 1.807) is 0 Å². The van der Waals surface area contributed by atoms with Gasteiger partial charge >= 0.3 is 0 Å². The van der Waals surface area contributed by atoms with Crippen LogP contribution in [0.3, 0.4) is 0 Å². The Labute approximate surface area is 113 Å². The number of aliphatic hydroxyl groups is 2. The van der Waals surface area contributed by atoms with Gasteiger partial charge in [-0.15, -0.1) is 0 Å². The van der Waals surface area contributed by atoms with E-state index in [-0.39, 0.29) is 13.2 Å². The minimum absolute atomic E-state index is 0.159. The predicted molar refractivity (Wildman–Crippen MR) is 76.8 cm³/mol. The summed E-state index contributed by atoms with van der Waals surface area (Å²) in [7, 11) is 0. The van der Waals surface area contributed by atoms with Crippen molar-refractivity contribution >= 4 is 0 Å². The van der Waals surface area contributed by atoms with Crippen molar-refractivity contribution in [3.8, 4) is 0 Å². The van der Waals surface area contributed by atoms with Gasteiger partial charge < -0.3 is 10.2 Å². The van der Waals surface area contributed by atoms with E-state index >= 15 is 0 Å². The zero-order valence-electron chi connectivity index (χ0n) is 12.6. The Morgan fingerprint density at radius 1 is 0.778 bits per heavy atom. The van der Waals surface area contributed by atoms with Crippen LogP contribution in [0.4, 0.5) is 0 Å². The Morgan fingerprint density at radius 2 is 1.22 bits per heavy atom. The second-order valence-corrected chi connectivity index (χ2v) is 5.04.